The van der Waals surface area contributed by atoms with E-state index in [2.05, 4.69) is 11.6 Å². The molecule has 2 aromatic rings. The summed E-state index contributed by atoms with van der Waals surface area (Å²) in [6, 6.07) is 11.6. The first kappa shape index (κ1) is 9.94. The van der Waals surface area contributed by atoms with E-state index in [0.29, 0.717) is 0 Å². The molecule has 2 rings (SSSR count). The third-order valence-electron chi connectivity index (χ3n) is 2.14. The SMILES string of the molecule is C=Cc1ccnc(-c2cccc(Cl)c2)c1. The van der Waals surface area contributed by atoms with Gasteiger partial charge in [0.2, 0.25) is 0 Å². The zero-order valence-electron chi connectivity index (χ0n) is 8.15. The van der Waals surface area contributed by atoms with E-state index in [-0.39, 0.29) is 0 Å². The lowest BCUT2D eigenvalue weighted by molar-refractivity contribution is 1.32. The second kappa shape index (κ2) is 4.28. The first-order valence-electron chi connectivity index (χ1n) is 4.64. The standard InChI is InChI=1S/C13H10ClN/c1-2-10-6-7-15-13(8-10)11-4-3-5-12(14)9-11/h2-9H,1H2. The van der Waals surface area contributed by atoms with Gasteiger partial charge in [0.05, 0.1) is 5.69 Å². The van der Waals surface area contributed by atoms with Crippen molar-refractivity contribution in [3.05, 3.63) is 59.8 Å². The number of halogens is 1. The first-order chi connectivity index (χ1) is 7.29. The Kier molecular flexibility index (Phi) is 2.84. The highest BCUT2D eigenvalue weighted by molar-refractivity contribution is 6.30. The van der Waals surface area contributed by atoms with Crippen molar-refractivity contribution in [1.82, 2.24) is 4.98 Å². The molecule has 0 saturated heterocycles. The fraction of sp³-hybridized carbons (Fsp3) is 0. The highest BCUT2D eigenvalue weighted by Gasteiger charge is 1.99. The van der Waals surface area contributed by atoms with Crippen molar-refractivity contribution in [3.8, 4) is 11.3 Å². The summed E-state index contributed by atoms with van der Waals surface area (Å²) < 4.78 is 0. The number of benzene rings is 1. The van der Waals surface area contributed by atoms with Crippen molar-refractivity contribution in [2.45, 2.75) is 0 Å². The highest BCUT2D eigenvalue weighted by Crippen LogP contribution is 2.21. The van der Waals surface area contributed by atoms with Gasteiger partial charge in [-0.05, 0) is 29.8 Å². The van der Waals surface area contributed by atoms with Crippen LogP contribution in [-0.4, -0.2) is 4.98 Å². The molecule has 0 aliphatic carbocycles. The molecule has 1 aromatic heterocycles. The number of aromatic nitrogens is 1. The van der Waals surface area contributed by atoms with Gasteiger partial charge in [0.1, 0.15) is 0 Å². The summed E-state index contributed by atoms with van der Waals surface area (Å²) >= 11 is 5.92. The van der Waals surface area contributed by atoms with Crippen LogP contribution >= 0.6 is 11.6 Å². The van der Waals surface area contributed by atoms with Crippen LogP contribution in [0.5, 0.6) is 0 Å². The minimum atomic E-state index is 0.721. The van der Waals surface area contributed by atoms with Crippen LogP contribution in [0.15, 0.2) is 49.2 Å². The number of pyridine rings is 1. The Morgan fingerprint density at radius 2 is 2.07 bits per heavy atom. The number of nitrogens with zero attached hydrogens (tertiary/aromatic N) is 1. The van der Waals surface area contributed by atoms with Gasteiger partial charge in [-0.25, -0.2) is 0 Å². The molecule has 0 radical (unpaired) electrons. The van der Waals surface area contributed by atoms with E-state index in [1.54, 1.807) is 12.3 Å². The summed E-state index contributed by atoms with van der Waals surface area (Å²) in [5.74, 6) is 0. The Labute approximate surface area is 94.1 Å². The molecule has 0 unspecified atom stereocenters. The predicted molar refractivity (Wildman–Crippen MR) is 64.8 cm³/mol. The van der Waals surface area contributed by atoms with E-state index in [4.69, 9.17) is 11.6 Å². The van der Waals surface area contributed by atoms with Crippen molar-refractivity contribution >= 4 is 17.7 Å². The van der Waals surface area contributed by atoms with Crippen molar-refractivity contribution in [1.29, 1.82) is 0 Å². The maximum Gasteiger partial charge on any atom is 0.0708 e. The molecule has 0 amide bonds. The van der Waals surface area contributed by atoms with E-state index >= 15 is 0 Å². The topological polar surface area (TPSA) is 12.9 Å². The molecule has 0 spiro atoms. The van der Waals surface area contributed by atoms with E-state index < -0.39 is 0 Å². The average molecular weight is 216 g/mol. The molecule has 0 aliphatic rings. The number of rotatable bonds is 2. The van der Waals surface area contributed by atoms with E-state index in [1.165, 1.54) is 0 Å². The summed E-state index contributed by atoms with van der Waals surface area (Å²) in [7, 11) is 0. The van der Waals surface area contributed by atoms with Crippen molar-refractivity contribution < 1.29 is 0 Å². The minimum absolute atomic E-state index is 0.721. The van der Waals surface area contributed by atoms with Crippen LogP contribution in [0.2, 0.25) is 5.02 Å². The Bertz CT molecular complexity index is 491. The fourth-order valence-electron chi connectivity index (χ4n) is 1.38. The summed E-state index contributed by atoms with van der Waals surface area (Å²) in [4.78, 5) is 4.29. The van der Waals surface area contributed by atoms with Gasteiger partial charge in [-0.2, -0.15) is 0 Å². The normalized spacial score (nSPS) is 9.93. The predicted octanol–water partition coefficient (Wildman–Crippen LogP) is 4.05. The lowest BCUT2D eigenvalue weighted by Crippen LogP contribution is -1.83. The first-order valence-corrected chi connectivity index (χ1v) is 5.02. The summed E-state index contributed by atoms with van der Waals surface area (Å²) in [6.45, 7) is 3.73. The zero-order chi connectivity index (χ0) is 10.7. The molecule has 0 aliphatic heterocycles. The molecule has 0 saturated carbocycles. The smallest absolute Gasteiger partial charge is 0.0708 e. The number of hydrogen-bond acceptors (Lipinski definition) is 1. The summed E-state index contributed by atoms with van der Waals surface area (Å²) in [5.41, 5.74) is 2.99. The summed E-state index contributed by atoms with van der Waals surface area (Å²) in [6.07, 6.45) is 3.57. The lowest BCUT2D eigenvalue weighted by Gasteiger charge is -2.02. The van der Waals surface area contributed by atoms with Crippen LogP contribution in [0, 0.1) is 0 Å². The second-order valence-corrected chi connectivity index (χ2v) is 3.63. The molecule has 74 valence electrons. The van der Waals surface area contributed by atoms with Gasteiger partial charge in [0, 0.05) is 16.8 Å². The van der Waals surface area contributed by atoms with Crippen LogP contribution in [0.25, 0.3) is 17.3 Å². The van der Waals surface area contributed by atoms with Crippen LogP contribution in [0.1, 0.15) is 5.56 Å². The molecule has 0 N–H and O–H groups in total. The van der Waals surface area contributed by atoms with Gasteiger partial charge in [-0.3, -0.25) is 4.98 Å². The van der Waals surface area contributed by atoms with Gasteiger partial charge in [-0.1, -0.05) is 36.4 Å². The van der Waals surface area contributed by atoms with Gasteiger partial charge in [-0.15, -0.1) is 0 Å². The zero-order valence-corrected chi connectivity index (χ0v) is 8.91. The lowest BCUT2D eigenvalue weighted by atomic mass is 10.1. The molecule has 0 bridgehead atoms. The maximum absolute atomic E-state index is 5.92. The van der Waals surface area contributed by atoms with Crippen molar-refractivity contribution in [3.63, 3.8) is 0 Å². The van der Waals surface area contributed by atoms with Crippen LogP contribution in [-0.2, 0) is 0 Å². The molecule has 1 heterocycles. The molecular weight excluding hydrogens is 206 g/mol. The summed E-state index contributed by atoms with van der Waals surface area (Å²) in [5, 5.41) is 0.721. The Balaban J connectivity index is 2.49. The third kappa shape index (κ3) is 2.25. The Hall–Kier alpha value is -1.60. The molecule has 0 fully saturated rings. The largest absolute Gasteiger partial charge is 0.256 e. The van der Waals surface area contributed by atoms with Gasteiger partial charge < -0.3 is 0 Å². The van der Waals surface area contributed by atoms with Crippen LogP contribution in [0.3, 0.4) is 0 Å². The van der Waals surface area contributed by atoms with Gasteiger partial charge in [0.15, 0.2) is 0 Å². The molecule has 15 heavy (non-hydrogen) atoms. The number of hydrogen-bond donors (Lipinski definition) is 0. The molecule has 1 aromatic carbocycles. The minimum Gasteiger partial charge on any atom is -0.256 e. The van der Waals surface area contributed by atoms with E-state index in [9.17, 15) is 0 Å². The molecule has 0 atom stereocenters. The quantitative estimate of drug-likeness (QED) is 0.737. The fourth-order valence-corrected chi connectivity index (χ4v) is 1.57. The molecule has 1 nitrogen and oxygen atoms in total. The third-order valence-corrected chi connectivity index (χ3v) is 2.38. The Morgan fingerprint density at radius 1 is 1.20 bits per heavy atom. The van der Waals surface area contributed by atoms with Crippen molar-refractivity contribution in [2.24, 2.45) is 0 Å². The van der Waals surface area contributed by atoms with E-state index in [1.807, 2.05) is 36.4 Å². The Morgan fingerprint density at radius 3 is 2.80 bits per heavy atom. The monoisotopic (exact) mass is 215 g/mol. The van der Waals surface area contributed by atoms with Crippen LogP contribution < -0.4 is 0 Å². The average Bonchev–Trinajstić information content (AvgIpc) is 2.29. The van der Waals surface area contributed by atoms with Crippen LogP contribution in [0.4, 0.5) is 0 Å². The maximum atomic E-state index is 5.92. The molecule has 2 heteroatoms. The van der Waals surface area contributed by atoms with Gasteiger partial charge >= 0.3 is 0 Å². The van der Waals surface area contributed by atoms with Crippen molar-refractivity contribution in [2.75, 3.05) is 0 Å². The highest BCUT2D eigenvalue weighted by atomic mass is 35.5. The molecular formula is C13H10ClN. The van der Waals surface area contributed by atoms with Gasteiger partial charge in [0.25, 0.3) is 0 Å². The van der Waals surface area contributed by atoms with E-state index in [0.717, 1.165) is 21.8 Å². The second-order valence-electron chi connectivity index (χ2n) is 3.19.